The maximum absolute atomic E-state index is 11.7. The van der Waals surface area contributed by atoms with Crippen LogP contribution in [-0.2, 0) is 9.59 Å². The molecule has 0 aliphatic carbocycles. The zero-order chi connectivity index (χ0) is 19.9. The third-order valence-electron chi connectivity index (χ3n) is 4.16. The molecular formula is C24H28N2O2. The summed E-state index contributed by atoms with van der Waals surface area (Å²) in [4.78, 5) is 23.5. The molecule has 0 saturated heterocycles. The van der Waals surface area contributed by atoms with Gasteiger partial charge in [-0.2, -0.15) is 0 Å². The van der Waals surface area contributed by atoms with Crippen molar-refractivity contribution in [2.75, 3.05) is 13.1 Å². The number of nitrogens with one attached hydrogen (secondary N) is 2. The van der Waals surface area contributed by atoms with Crippen LogP contribution in [0.2, 0.25) is 0 Å². The fraction of sp³-hybridized carbons (Fsp3) is 0.250. The Hall–Kier alpha value is -3.14. The van der Waals surface area contributed by atoms with E-state index in [1.165, 1.54) is 0 Å². The van der Waals surface area contributed by atoms with Crippen LogP contribution in [0.1, 0.15) is 36.8 Å². The normalized spacial score (nSPS) is 11.0. The first-order valence-electron chi connectivity index (χ1n) is 9.76. The number of amides is 2. The lowest BCUT2D eigenvalue weighted by Crippen LogP contribution is -2.23. The molecule has 0 radical (unpaired) electrons. The summed E-state index contributed by atoms with van der Waals surface area (Å²) < 4.78 is 0. The molecule has 0 spiro atoms. The lowest BCUT2D eigenvalue weighted by molar-refractivity contribution is -0.117. The highest BCUT2D eigenvalue weighted by Crippen LogP contribution is 2.02. The average molecular weight is 377 g/mol. The molecule has 0 aromatic heterocycles. The number of benzene rings is 2. The molecule has 0 unspecified atom stereocenters. The summed E-state index contributed by atoms with van der Waals surface area (Å²) in [5, 5.41) is 5.78. The van der Waals surface area contributed by atoms with E-state index < -0.39 is 0 Å². The van der Waals surface area contributed by atoms with E-state index in [0.29, 0.717) is 13.1 Å². The fourth-order valence-electron chi connectivity index (χ4n) is 2.62. The molecule has 2 N–H and O–H groups in total. The molecule has 0 bridgehead atoms. The van der Waals surface area contributed by atoms with Gasteiger partial charge in [0.05, 0.1) is 0 Å². The minimum atomic E-state index is -0.0682. The maximum atomic E-state index is 11.7. The standard InChI is InChI=1S/C24H28N2O2/c27-23(17-15-21-11-5-3-6-12-21)25-19-9-1-2-10-20-26-24(28)18-16-22-13-7-4-8-14-22/h3-8,11-18H,1-2,9-10,19-20H2,(H,25,27)(H,26,28)/b17-15+,18-16+. The van der Waals surface area contributed by atoms with Crippen molar-refractivity contribution < 1.29 is 9.59 Å². The van der Waals surface area contributed by atoms with Crippen molar-refractivity contribution in [2.45, 2.75) is 25.7 Å². The van der Waals surface area contributed by atoms with Gasteiger partial charge in [0, 0.05) is 25.2 Å². The Morgan fingerprint density at radius 1 is 0.607 bits per heavy atom. The summed E-state index contributed by atoms with van der Waals surface area (Å²) in [6.07, 6.45) is 10.7. The Morgan fingerprint density at radius 3 is 1.39 bits per heavy atom. The first-order valence-corrected chi connectivity index (χ1v) is 9.76. The Labute approximate surface area is 167 Å². The minimum Gasteiger partial charge on any atom is -0.353 e. The largest absolute Gasteiger partial charge is 0.353 e. The van der Waals surface area contributed by atoms with Crippen molar-refractivity contribution in [3.05, 3.63) is 83.9 Å². The van der Waals surface area contributed by atoms with Gasteiger partial charge in [0.2, 0.25) is 11.8 Å². The first-order chi connectivity index (χ1) is 13.7. The van der Waals surface area contributed by atoms with Crippen LogP contribution < -0.4 is 10.6 Å². The number of carbonyl (C=O) groups excluding carboxylic acids is 2. The number of hydrogen-bond acceptors (Lipinski definition) is 2. The number of unbranched alkanes of at least 4 members (excludes halogenated alkanes) is 3. The van der Waals surface area contributed by atoms with Crippen molar-refractivity contribution in [2.24, 2.45) is 0 Å². The van der Waals surface area contributed by atoms with E-state index in [-0.39, 0.29) is 11.8 Å². The van der Waals surface area contributed by atoms with E-state index in [1.807, 2.05) is 72.8 Å². The summed E-state index contributed by atoms with van der Waals surface area (Å²) in [6.45, 7) is 1.34. The highest BCUT2D eigenvalue weighted by molar-refractivity contribution is 5.92. The molecule has 2 aromatic carbocycles. The second kappa shape index (κ2) is 13.1. The second-order valence-corrected chi connectivity index (χ2v) is 6.48. The molecule has 0 saturated carbocycles. The van der Waals surface area contributed by atoms with E-state index >= 15 is 0 Å². The fourth-order valence-corrected chi connectivity index (χ4v) is 2.62. The second-order valence-electron chi connectivity index (χ2n) is 6.48. The predicted molar refractivity (Wildman–Crippen MR) is 115 cm³/mol. The van der Waals surface area contributed by atoms with Crippen molar-refractivity contribution in [1.29, 1.82) is 0 Å². The van der Waals surface area contributed by atoms with E-state index in [0.717, 1.165) is 36.8 Å². The third-order valence-corrected chi connectivity index (χ3v) is 4.16. The van der Waals surface area contributed by atoms with Gasteiger partial charge in [0.1, 0.15) is 0 Å². The summed E-state index contributed by atoms with van der Waals surface area (Å²) in [6, 6.07) is 19.5. The smallest absolute Gasteiger partial charge is 0.243 e. The number of carbonyl (C=O) groups is 2. The van der Waals surface area contributed by atoms with Gasteiger partial charge in [-0.05, 0) is 36.1 Å². The lowest BCUT2D eigenvalue weighted by atomic mass is 10.2. The zero-order valence-electron chi connectivity index (χ0n) is 16.1. The van der Waals surface area contributed by atoms with Gasteiger partial charge in [0.15, 0.2) is 0 Å². The van der Waals surface area contributed by atoms with Gasteiger partial charge < -0.3 is 10.6 Å². The molecule has 2 amide bonds. The minimum absolute atomic E-state index is 0.0682. The van der Waals surface area contributed by atoms with Gasteiger partial charge in [0.25, 0.3) is 0 Å². The molecule has 0 fully saturated rings. The van der Waals surface area contributed by atoms with Crippen LogP contribution in [0, 0.1) is 0 Å². The molecule has 0 aliphatic rings. The van der Waals surface area contributed by atoms with Gasteiger partial charge in [-0.1, -0.05) is 73.5 Å². The quantitative estimate of drug-likeness (QED) is 0.456. The van der Waals surface area contributed by atoms with E-state index in [2.05, 4.69) is 10.6 Å². The zero-order valence-corrected chi connectivity index (χ0v) is 16.1. The molecule has 0 aliphatic heterocycles. The van der Waals surface area contributed by atoms with Gasteiger partial charge in [-0.25, -0.2) is 0 Å². The van der Waals surface area contributed by atoms with Crippen molar-refractivity contribution >= 4 is 24.0 Å². The molecule has 4 nitrogen and oxygen atoms in total. The molecule has 2 aromatic rings. The highest BCUT2D eigenvalue weighted by Gasteiger charge is 1.97. The Kier molecular flexibility index (Phi) is 9.90. The van der Waals surface area contributed by atoms with Crippen molar-refractivity contribution in [1.82, 2.24) is 10.6 Å². The Bertz CT molecular complexity index is 700. The topological polar surface area (TPSA) is 58.2 Å². The number of rotatable bonds is 11. The predicted octanol–water partition coefficient (Wildman–Crippen LogP) is 4.21. The molecule has 0 heterocycles. The van der Waals surface area contributed by atoms with Gasteiger partial charge in [-0.3, -0.25) is 9.59 Å². The monoisotopic (exact) mass is 376 g/mol. The summed E-state index contributed by atoms with van der Waals surface area (Å²) in [5.41, 5.74) is 2.02. The SMILES string of the molecule is O=C(/C=C/c1ccccc1)NCCCCCCNC(=O)/C=C/c1ccccc1. The van der Waals surface area contributed by atoms with Crippen LogP contribution in [-0.4, -0.2) is 24.9 Å². The van der Waals surface area contributed by atoms with Crippen LogP contribution in [0.25, 0.3) is 12.2 Å². The van der Waals surface area contributed by atoms with Crippen molar-refractivity contribution in [3.63, 3.8) is 0 Å². The van der Waals surface area contributed by atoms with Crippen LogP contribution >= 0.6 is 0 Å². The number of hydrogen-bond donors (Lipinski definition) is 2. The Morgan fingerprint density at radius 2 is 1.00 bits per heavy atom. The van der Waals surface area contributed by atoms with Crippen LogP contribution in [0.4, 0.5) is 0 Å². The maximum Gasteiger partial charge on any atom is 0.243 e. The lowest BCUT2D eigenvalue weighted by Gasteiger charge is -2.04. The van der Waals surface area contributed by atoms with Gasteiger partial charge >= 0.3 is 0 Å². The summed E-state index contributed by atoms with van der Waals surface area (Å²) in [5.74, 6) is -0.136. The summed E-state index contributed by atoms with van der Waals surface area (Å²) >= 11 is 0. The van der Waals surface area contributed by atoms with Crippen LogP contribution in [0.5, 0.6) is 0 Å². The van der Waals surface area contributed by atoms with E-state index in [9.17, 15) is 9.59 Å². The van der Waals surface area contributed by atoms with E-state index in [4.69, 9.17) is 0 Å². The van der Waals surface area contributed by atoms with Crippen molar-refractivity contribution in [3.8, 4) is 0 Å². The molecule has 2 rings (SSSR count). The van der Waals surface area contributed by atoms with Gasteiger partial charge in [-0.15, -0.1) is 0 Å². The van der Waals surface area contributed by atoms with E-state index in [1.54, 1.807) is 12.2 Å². The molecular weight excluding hydrogens is 348 g/mol. The highest BCUT2D eigenvalue weighted by atomic mass is 16.2. The molecule has 4 heteroatoms. The molecule has 146 valence electrons. The average Bonchev–Trinajstić information content (AvgIpc) is 2.74. The Balaban J connectivity index is 1.46. The first kappa shape index (κ1) is 21.2. The molecule has 28 heavy (non-hydrogen) atoms. The summed E-state index contributed by atoms with van der Waals surface area (Å²) in [7, 11) is 0. The molecule has 0 atom stereocenters. The van der Waals surface area contributed by atoms with Crippen LogP contribution in [0.3, 0.4) is 0 Å². The third kappa shape index (κ3) is 9.53. The van der Waals surface area contributed by atoms with Crippen LogP contribution in [0.15, 0.2) is 72.8 Å².